The van der Waals surface area contributed by atoms with Crippen LogP contribution in [0.4, 0.5) is 17.1 Å². The summed E-state index contributed by atoms with van der Waals surface area (Å²) in [6.07, 6.45) is 0. The summed E-state index contributed by atoms with van der Waals surface area (Å²) in [7, 11) is 0.888. The van der Waals surface area contributed by atoms with Gasteiger partial charge in [0.05, 0.1) is 5.52 Å². The van der Waals surface area contributed by atoms with Gasteiger partial charge in [0.25, 0.3) is 0 Å². The van der Waals surface area contributed by atoms with Crippen LogP contribution in [0.2, 0.25) is 0 Å². The fraction of sp³-hybridized carbons (Fsp3) is 0. The van der Waals surface area contributed by atoms with Crippen LogP contribution in [0.3, 0.4) is 0 Å². The molecule has 0 atom stereocenters. The molecule has 7 aromatic carbocycles. The van der Waals surface area contributed by atoms with E-state index in [1.165, 1.54) is 105 Å². The number of aromatic amines is 1. The van der Waals surface area contributed by atoms with Gasteiger partial charge in [0.15, 0.2) is 7.28 Å². The Bertz CT molecular complexity index is 2860. The topological polar surface area (TPSA) is 24.0 Å². The van der Waals surface area contributed by atoms with Crippen molar-refractivity contribution in [3.63, 3.8) is 0 Å². The molecule has 0 saturated heterocycles. The molecule has 0 amide bonds. The molecule has 0 spiro atoms. The monoisotopic (exact) mass is 593 g/mol. The predicted molar refractivity (Wildman–Crippen MR) is 201 cm³/mol. The molecule has 47 heavy (non-hydrogen) atoms. The number of H-pyrrole nitrogens is 1. The van der Waals surface area contributed by atoms with Crippen molar-refractivity contribution in [2.24, 2.45) is 0 Å². The van der Waals surface area contributed by atoms with E-state index >= 15 is 0 Å². The van der Waals surface area contributed by atoms with E-state index in [9.17, 15) is 0 Å². The molecule has 12 rings (SSSR count). The highest BCUT2D eigenvalue weighted by Crippen LogP contribution is 2.47. The zero-order valence-corrected chi connectivity index (χ0v) is 25.5. The lowest BCUT2D eigenvalue weighted by Crippen LogP contribution is -2.60. The van der Waals surface area contributed by atoms with Crippen LogP contribution in [0.15, 0.2) is 140 Å². The molecule has 3 aliphatic heterocycles. The van der Waals surface area contributed by atoms with Crippen molar-refractivity contribution >= 4 is 96.7 Å². The number of benzene rings is 7. The van der Waals surface area contributed by atoms with E-state index in [2.05, 4.69) is 154 Å². The third-order valence-electron chi connectivity index (χ3n) is 11.1. The van der Waals surface area contributed by atoms with Gasteiger partial charge in [0, 0.05) is 66.3 Å². The molecule has 1 N–H and O–H groups in total. The molecule has 2 aromatic heterocycles. The van der Waals surface area contributed by atoms with Gasteiger partial charge in [-0.3, -0.25) is 0 Å². The maximum absolute atomic E-state index is 3.84. The molecule has 0 unspecified atom stereocenters. The number of hydrogen-bond acceptors (Lipinski definition) is 1. The lowest BCUT2D eigenvalue weighted by Gasteiger charge is -2.45. The van der Waals surface area contributed by atoms with E-state index in [1.54, 1.807) is 0 Å². The second kappa shape index (κ2) is 8.45. The molecule has 9 aromatic rings. The van der Waals surface area contributed by atoms with Gasteiger partial charge in [0.2, 0.25) is 0 Å². The second-order valence-electron chi connectivity index (χ2n) is 13.3. The summed E-state index contributed by atoms with van der Waals surface area (Å²) in [5.74, 6) is 0. The highest BCUT2D eigenvalue weighted by atomic mass is 15.2. The Morgan fingerprint density at radius 1 is 0.553 bits per heavy atom. The van der Waals surface area contributed by atoms with Crippen LogP contribution in [0, 0.1) is 0 Å². The van der Waals surface area contributed by atoms with Crippen molar-refractivity contribution in [1.82, 2.24) is 9.46 Å². The molecule has 0 fully saturated rings. The first-order valence-electron chi connectivity index (χ1n) is 16.5. The van der Waals surface area contributed by atoms with Crippen LogP contribution in [0.25, 0.3) is 65.9 Å². The summed E-state index contributed by atoms with van der Waals surface area (Å²) in [4.78, 5) is 6.42. The van der Waals surface area contributed by atoms with Gasteiger partial charge in [-0.25, -0.2) is 0 Å². The fourth-order valence-electron chi connectivity index (χ4n) is 9.32. The highest BCUT2D eigenvalue weighted by molar-refractivity contribution is 6.91. The normalized spacial score (nSPS) is 13.6. The number of fused-ring (bicyclic) bond motifs is 13. The Morgan fingerprint density at radius 2 is 1.28 bits per heavy atom. The van der Waals surface area contributed by atoms with Crippen molar-refractivity contribution in [2.45, 2.75) is 0 Å². The molecule has 3 aliphatic rings. The standard InChI is InChI=1S/C42H25B2N3/c1-5-19-34-24(11-1)26-13-9-14-27(40(26)45-34)30-23-31-29-16-10-15-28-25-12-2-6-20-35(25)47(41(28)29)44-33-18-4-8-22-37(33)46-36-21-7-3-17-32(36)43-38(30)42(46)39(31)44/h1-23,43,45H. The summed E-state index contributed by atoms with van der Waals surface area (Å²) < 4.78 is 2.65. The first-order chi connectivity index (χ1) is 23.3. The predicted octanol–water partition coefficient (Wildman–Crippen LogP) is 7.21. The highest BCUT2D eigenvalue weighted by Gasteiger charge is 2.45. The molecule has 5 heteroatoms. The summed E-state index contributed by atoms with van der Waals surface area (Å²) in [6, 6.07) is 52.1. The zero-order valence-electron chi connectivity index (χ0n) is 25.5. The minimum Gasteiger partial charge on any atom is -0.375 e. The maximum Gasteiger partial charge on any atom is 0.333 e. The van der Waals surface area contributed by atoms with E-state index in [-0.39, 0.29) is 6.85 Å². The zero-order chi connectivity index (χ0) is 30.4. The number of nitrogens with zero attached hydrogens (tertiary/aromatic N) is 2. The molecule has 0 radical (unpaired) electrons. The van der Waals surface area contributed by atoms with Crippen molar-refractivity contribution in [3.05, 3.63) is 140 Å². The van der Waals surface area contributed by atoms with Gasteiger partial charge < -0.3 is 14.4 Å². The second-order valence-corrected chi connectivity index (χ2v) is 13.3. The van der Waals surface area contributed by atoms with Crippen molar-refractivity contribution in [1.29, 1.82) is 0 Å². The van der Waals surface area contributed by atoms with E-state index in [1.807, 2.05) is 0 Å². The van der Waals surface area contributed by atoms with Crippen LogP contribution in [0.1, 0.15) is 0 Å². The molecule has 0 saturated carbocycles. The van der Waals surface area contributed by atoms with Gasteiger partial charge in [-0.15, -0.1) is 0 Å². The Kier molecular flexibility index (Phi) is 4.37. The fourth-order valence-corrected chi connectivity index (χ4v) is 9.32. The first-order valence-corrected chi connectivity index (χ1v) is 16.5. The van der Waals surface area contributed by atoms with Gasteiger partial charge in [0.1, 0.15) is 0 Å². The van der Waals surface area contributed by atoms with Crippen molar-refractivity contribution in [3.8, 4) is 22.3 Å². The van der Waals surface area contributed by atoms with Gasteiger partial charge in [-0.1, -0.05) is 115 Å². The Balaban J connectivity index is 1.30. The molecule has 214 valence electrons. The van der Waals surface area contributed by atoms with E-state index in [0.717, 1.165) is 7.28 Å². The Hall–Kier alpha value is -5.93. The average molecular weight is 593 g/mol. The number of rotatable bonds is 1. The number of nitrogens with one attached hydrogen (secondary N) is 1. The largest absolute Gasteiger partial charge is 0.375 e. The molecule has 3 nitrogen and oxygen atoms in total. The van der Waals surface area contributed by atoms with Crippen LogP contribution in [0.5, 0.6) is 0 Å². The average Bonchev–Trinajstić information content (AvgIpc) is 3.68. The molecular formula is C42H25B2N3. The van der Waals surface area contributed by atoms with Crippen molar-refractivity contribution in [2.75, 3.05) is 4.90 Å². The van der Waals surface area contributed by atoms with Crippen molar-refractivity contribution < 1.29 is 0 Å². The SMILES string of the molecule is B1c2ccccc2N2c3ccccc3B3c4c(cc(-c5cccc6c5[nH]c5ccccc56)c1c42)-c1cccc2c4ccccc4n3c12. The minimum absolute atomic E-state index is 0.0756. The van der Waals surface area contributed by atoms with E-state index < -0.39 is 0 Å². The summed E-state index contributed by atoms with van der Waals surface area (Å²) in [5, 5.41) is 5.19. The van der Waals surface area contributed by atoms with E-state index in [4.69, 9.17) is 0 Å². The van der Waals surface area contributed by atoms with E-state index in [0.29, 0.717) is 0 Å². The summed E-state index contributed by atoms with van der Waals surface area (Å²) >= 11 is 0. The maximum atomic E-state index is 3.84. The van der Waals surface area contributed by atoms with Gasteiger partial charge in [-0.2, -0.15) is 0 Å². The lowest BCUT2D eigenvalue weighted by molar-refractivity contribution is 1.26. The number of anilines is 3. The minimum atomic E-state index is 0.0756. The molecule has 0 aliphatic carbocycles. The Morgan fingerprint density at radius 3 is 2.21 bits per heavy atom. The van der Waals surface area contributed by atoms with Crippen LogP contribution >= 0.6 is 0 Å². The Labute approximate surface area is 272 Å². The lowest BCUT2D eigenvalue weighted by atomic mass is 9.42. The van der Waals surface area contributed by atoms with Gasteiger partial charge >= 0.3 is 6.85 Å². The van der Waals surface area contributed by atoms with Crippen LogP contribution in [-0.2, 0) is 0 Å². The number of aromatic nitrogens is 2. The quantitative estimate of drug-likeness (QED) is 0.200. The summed E-state index contributed by atoms with van der Waals surface area (Å²) in [6.45, 7) is 0.0756. The third-order valence-corrected chi connectivity index (χ3v) is 11.1. The number of hydrogen-bond donors (Lipinski definition) is 1. The molecule has 0 bridgehead atoms. The first kappa shape index (κ1) is 24.3. The molecular weight excluding hydrogens is 568 g/mol. The molecule has 5 heterocycles. The van der Waals surface area contributed by atoms with Crippen LogP contribution in [-0.4, -0.2) is 23.6 Å². The summed E-state index contributed by atoms with van der Waals surface area (Å²) in [5.41, 5.74) is 19.7. The van der Waals surface area contributed by atoms with Gasteiger partial charge in [-0.05, 0) is 57.8 Å². The smallest absolute Gasteiger partial charge is 0.333 e. The van der Waals surface area contributed by atoms with Crippen LogP contribution < -0.4 is 26.8 Å². The number of para-hydroxylation sites is 6. The third kappa shape index (κ3) is 2.88.